The van der Waals surface area contributed by atoms with Crippen molar-refractivity contribution in [3.8, 4) is 0 Å². The summed E-state index contributed by atoms with van der Waals surface area (Å²) in [7, 11) is -3.18. The van der Waals surface area contributed by atoms with Crippen LogP contribution < -0.4 is 9.21 Å². The number of para-hydroxylation sites is 2. The van der Waals surface area contributed by atoms with E-state index in [0.717, 1.165) is 30.8 Å². The molecule has 0 bridgehead atoms. The Kier molecular flexibility index (Phi) is 3.63. The maximum Gasteiger partial charge on any atom is 0.235 e. The van der Waals surface area contributed by atoms with E-state index in [4.69, 9.17) is 0 Å². The molecular weight excluding hydrogens is 272 g/mol. The van der Waals surface area contributed by atoms with Gasteiger partial charge in [0.25, 0.3) is 0 Å². The van der Waals surface area contributed by atoms with Gasteiger partial charge in [0, 0.05) is 12.6 Å². The van der Waals surface area contributed by atoms with Gasteiger partial charge in [-0.3, -0.25) is 4.31 Å². The van der Waals surface area contributed by atoms with Gasteiger partial charge in [-0.2, -0.15) is 0 Å². The molecule has 110 valence electrons. The first-order valence-corrected chi connectivity index (χ1v) is 9.10. The number of unbranched alkanes of at least 4 members (excludes halogenated alkanes) is 1. The molecule has 3 rings (SSSR count). The molecular formula is C15H22N2O2S. The van der Waals surface area contributed by atoms with Gasteiger partial charge in [-0.15, -0.1) is 0 Å². The summed E-state index contributed by atoms with van der Waals surface area (Å²) in [5.41, 5.74) is 1.95. The second-order valence-electron chi connectivity index (χ2n) is 5.65. The molecule has 1 fully saturated rings. The third-order valence-corrected chi connectivity index (χ3v) is 5.94. The Balaban J connectivity index is 1.92. The molecule has 20 heavy (non-hydrogen) atoms. The van der Waals surface area contributed by atoms with Crippen LogP contribution >= 0.6 is 0 Å². The molecule has 0 atom stereocenters. The lowest BCUT2D eigenvalue weighted by Gasteiger charge is -2.38. The standard InChI is InChI=1S/C15H22N2O2S/c1-2-3-12-20(18,19)17-11-10-16(13-8-9-13)14-6-4-5-7-15(14)17/h4-7,13H,2-3,8-12H2,1H3. The maximum atomic E-state index is 12.5. The minimum absolute atomic E-state index is 0.251. The molecule has 1 heterocycles. The third-order valence-electron chi connectivity index (χ3n) is 4.08. The van der Waals surface area contributed by atoms with E-state index in [2.05, 4.69) is 11.0 Å². The van der Waals surface area contributed by atoms with E-state index in [0.29, 0.717) is 12.6 Å². The van der Waals surface area contributed by atoms with Crippen molar-refractivity contribution in [3.05, 3.63) is 24.3 Å². The largest absolute Gasteiger partial charge is 0.365 e. The highest BCUT2D eigenvalue weighted by Crippen LogP contribution is 2.40. The zero-order valence-corrected chi connectivity index (χ0v) is 12.8. The fraction of sp³-hybridized carbons (Fsp3) is 0.600. The summed E-state index contributed by atoms with van der Waals surface area (Å²) >= 11 is 0. The monoisotopic (exact) mass is 294 g/mol. The normalized spacial score (nSPS) is 19.1. The molecule has 0 saturated heterocycles. The van der Waals surface area contributed by atoms with Gasteiger partial charge in [0.15, 0.2) is 0 Å². The molecule has 1 aromatic carbocycles. The number of sulfonamides is 1. The van der Waals surface area contributed by atoms with Crippen LogP contribution in [-0.4, -0.2) is 33.3 Å². The van der Waals surface area contributed by atoms with Crippen LogP contribution in [0.25, 0.3) is 0 Å². The zero-order chi connectivity index (χ0) is 14.2. The van der Waals surface area contributed by atoms with Crippen LogP contribution in [0, 0.1) is 0 Å². The van der Waals surface area contributed by atoms with Crippen molar-refractivity contribution in [2.24, 2.45) is 0 Å². The van der Waals surface area contributed by atoms with Crippen molar-refractivity contribution in [1.82, 2.24) is 0 Å². The van der Waals surface area contributed by atoms with Crippen molar-refractivity contribution in [2.75, 3.05) is 28.0 Å². The minimum Gasteiger partial charge on any atom is -0.365 e. The predicted molar refractivity (Wildman–Crippen MR) is 82.9 cm³/mol. The molecule has 0 unspecified atom stereocenters. The Bertz CT molecular complexity index is 581. The van der Waals surface area contributed by atoms with E-state index in [9.17, 15) is 8.42 Å². The molecule has 0 spiro atoms. The van der Waals surface area contributed by atoms with Gasteiger partial charge in [-0.25, -0.2) is 8.42 Å². The van der Waals surface area contributed by atoms with Gasteiger partial charge in [-0.1, -0.05) is 25.5 Å². The lowest BCUT2D eigenvalue weighted by atomic mass is 10.2. The van der Waals surface area contributed by atoms with E-state index in [1.54, 1.807) is 4.31 Å². The predicted octanol–water partition coefficient (Wildman–Crippen LogP) is 2.61. The van der Waals surface area contributed by atoms with Crippen LogP contribution in [0.15, 0.2) is 24.3 Å². The van der Waals surface area contributed by atoms with Crippen LogP contribution in [0.5, 0.6) is 0 Å². The van der Waals surface area contributed by atoms with E-state index in [1.165, 1.54) is 12.8 Å². The van der Waals surface area contributed by atoms with Gasteiger partial charge in [0.2, 0.25) is 10.0 Å². The highest BCUT2D eigenvalue weighted by atomic mass is 32.2. The molecule has 0 N–H and O–H groups in total. The van der Waals surface area contributed by atoms with E-state index >= 15 is 0 Å². The molecule has 1 aliphatic carbocycles. The second kappa shape index (κ2) is 5.28. The Morgan fingerprint density at radius 2 is 1.85 bits per heavy atom. The molecule has 0 amide bonds. The van der Waals surface area contributed by atoms with E-state index < -0.39 is 10.0 Å². The third kappa shape index (κ3) is 2.51. The van der Waals surface area contributed by atoms with Crippen LogP contribution in [0.4, 0.5) is 11.4 Å². The number of fused-ring (bicyclic) bond motifs is 1. The summed E-state index contributed by atoms with van der Waals surface area (Å²) in [5, 5.41) is 0. The fourth-order valence-corrected chi connectivity index (χ4v) is 4.54. The lowest BCUT2D eigenvalue weighted by molar-refractivity contribution is 0.584. The van der Waals surface area contributed by atoms with Crippen LogP contribution in [0.2, 0.25) is 0 Å². The quantitative estimate of drug-likeness (QED) is 0.838. The minimum atomic E-state index is -3.18. The SMILES string of the molecule is CCCCS(=O)(=O)N1CCN(C2CC2)c2ccccc21. The Morgan fingerprint density at radius 3 is 2.50 bits per heavy atom. The molecule has 2 aliphatic rings. The Labute approximate surface area is 121 Å². The zero-order valence-electron chi connectivity index (χ0n) is 12.0. The second-order valence-corrected chi connectivity index (χ2v) is 7.67. The van der Waals surface area contributed by atoms with Gasteiger partial charge in [0.05, 0.1) is 23.7 Å². The fourth-order valence-electron chi connectivity index (χ4n) is 2.85. The van der Waals surface area contributed by atoms with Gasteiger partial charge in [0.1, 0.15) is 0 Å². The highest BCUT2D eigenvalue weighted by Gasteiger charge is 2.36. The summed E-state index contributed by atoms with van der Waals surface area (Å²) in [4.78, 5) is 2.38. The number of nitrogens with zero attached hydrogens (tertiary/aromatic N) is 2. The molecule has 4 nitrogen and oxygen atoms in total. The topological polar surface area (TPSA) is 40.6 Å². The summed E-state index contributed by atoms with van der Waals surface area (Å²) in [5.74, 6) is 0.251. The number of hydrogen-bond acceptors (Lipinski definition) is 3. The first kappa shape index (κ1) is 13.7. The first-order chi connectivity index (χ1) is 9.63. The van der Waals surface area contributed by atoms with Crippen LogP contribution in [0.1, 0.15) is 32.6 Å². The van der Waals surface area contributed by atoms with Crippen molar-refractivity contribution >= 4 is 21.4 Å². The Morgan fingerprint density at radius 1 is 1.15 bits per heavy atom. The Hall–Kier alpha value is -1.23. The lowest BCUT2D eigenvalue weighted by Crippen LogP contribution is -2.45. The molecule has 5 heteroatoms. The van der Waals surface area contributed by atoms with Crippen LogP contribution in [0.3, 0.4) is 0 Å². The first-order valence-electron chi connectivity index (χ1n) is 7.49. The molecule has 1 saturated carbocycles. The summed E-state index contributed by atoms with van der Waals surface area (Å²) in [6.45, 7) is 3.42. The summed E-state index contributed by atoms with van der Waals surface area (Å²) in [6, 6.07) is 8.54. The number of rotatable bonds is 5. The number of anilines is 2. The average Bonchev–Trinajstić information content (AvgIpc) is 3.28. The van der Waals surface area contributed by atoms with Crippen molar-refractivity contribution < 1.29 is 8.42 Å². The summed E-state index contributed by atoms with van der Waals surface area (Å²) in [6.07, 6.45) is 4.10. The molecule has 1 aromatic rings. The van der Waals surface area contributed by atoms with Gasteiger partial charge in [-0.05, 0) is 31.4 Å². The number of hydrogen-bond donors (Lipinski definition) is 0. The number of benzene rings is 1. The van der Waals surface area contributed by atoms with Gasteiger partial charge >= 0.3 is 0 Å². The molecule has 0 aromatic heterocycles. The highest BCUT2D eigenvalue weighted by molar-refractivity contribution is 7.92. The van der Waals surface area contributed by atoms with E-state index in [-0.39, 0.29) is 5.75 Å². The van der Waals surface area contributed by atoms with Crippen LogP contribution in [-0.2, 0) is 10.0 Å². The van der Waals surface area contributed by atoms with E-state index in [1.807, 2.05) is 25.1 Å². The molecule has 0 radical (unpaired) electrons. The van der Waals surface area contributed by atoms with Crippen molar-refractivity contribution in [1.29, 1.82) is 0 Å². The summed E-state index contributed by atoms with van der Waals surface area (Å²) < 4.78 is 26.6. The van der Waals surface area contributed by atoms with Crippen molar-refractivity contribution in [2.45, 2.75) is 38.6 Å². The smallest absolute Gasteiger partial charge is 0.235 e. The maximum absolute atomic E-state index is 12.5. The van der Waals surface area contributed by atoms with Crippen molar-refractivity contribution in [3.63, 3.8) is 0 Å². The molecule has 1 aliphatic heterocycles. The van der Waals surface area contributed by atoms with Gasteiger partial charge < -0.3 is 4.90 Å². The average molecular weight is 294 g/mol.